The summed E-state index contributed by atoms with van der Waals surface area (Å²) in [5.41, 5.74) is 17.6. The van der Waals surface area contributed by atoms with Crippen molar-refractivity contribution in [3.8, 4) is 0 Å². The zero-order chi connectivity index (χ0) is 85.3. The molecule has 5 aromatic carbocycles. The second kappa shape index (κ2) is 42.7. The number of thiophene rings is 4. The van der Waals surface area contributed by atoms with E-state index >= 15 is 0 Å². The number of hydrogen-bond acceptors (Lipinski definition) is 10. The third-order valence-electron chi connectivity index (χ3n) is 17.5. The molecule has 21 aromatic rings. The Balaban J connectivity index is 0.000000128. The third kappa shape index (κ3) is 26.4. The van der Waals surface area contributed by atoms with Crippen LogP contribution in [0.3, 0.4) is 0 Å². The van der Waals surface area contributed by atoms with Crippen molar-refractivity contribution < 1.29 is 0 Å². The minimum atomic E-state index is 0.569. The molecule has 27 heteroatoms. The van der Waals surface area contributed by atoms with E-state index in [1.807, 2.05) is 163 Å². The number of aromatic amines is 6. The molecule has 6 N–H and O–H groups in total. The minimum absolute atomic E-state index is 0.569. The number of nitrogens with one attached hydrogen (secondary N) is 6. The SMILES string of the molecule is Cc1cc2[nH]cc(Cl)c2cn1.Cc1cc2cc(Cl)ccc2[nH]1.Cc1cc2cc(Cl)cnc2[nH]1.Cc1cc2ccc(Cl)cc2s1.Cc1cc2ccc(Cl)nc2s1.Cc1cc2ncc(Cl)cc2s1.Cc1ccc2c(C)c[nH]c2c1.Cc1ccc2c(Cl)c[nH]c2c1.Cc1ccc2c(Cl)c[nH]c2n1.Cc1cnc2cc(Cl)ccc2c1.Cc1sc(Cl)cc1Cl. The third-order valence-corrected chi connectivity index (χ3v) is 24.5. The highest BCUT2D eigenvalue weighted by atomic mass is 35.5. The molecule has 0 radical (unpaired) electrons. The zero-order valence-electron chi connectivity index (χ0n) is 66.3. The fraction of sp³-hybridized carbons (Fsp3) is 0.130. The van der Waals surface area contributed by atoms with E-state index in [0.29, 0.717) is 15.2 Å². The van der Waals surface area contributed by atoms with Gasteiger partial charge in [-0.1, -0.05) is 164 Å². The molecule has 608 valence electrons. The molecule has 0 unspecified atom stereocenters. The molecular formula is C92H79Cl11N12S4. The Labute approximate surface area is 760 Å². The van der Waals surface area contributed by atoms with E-state index < -0.39 is 0 Å². The molecule has 16 heterocycles. The van der Waals surface area contributed by atoms with Gasteiger partial charge >= 0.3 is 0 Å². The summed E-state index contributed by atoms with van der Waals surface area (Å²) in [6.45, 7) is 24.4. The van der Waals surface area contributed by atoms with E-state index in [4.69, 9.17) is 128 Å². The first kappa shape index (κ1) is 91.0. The van der Waals surface area contributed by atoms with Gasteiger partial charge in [-0.15, -0.1) is 45.3 Å². The average Bonchev–Trinajstić information content (AvgIpc) is 1.84. The van der Waals surface area contributed by atoms with Crippen molar-refractivity contribution in [1.82, 2.24) is 59.8 Å². The van der Waals surface area contributed by atoms with Crippen LogP contribution < -0.4 is 0 Å². The molecule has 16 aromatic heterocycles. The number of benzene rings is 5. The minimum Gasteiger partial charge on any atom is -0.361 e. The second-order valence-electron chi connectivity index (χ2n) is 27.6. The van der Waals surface area contributed by atoms with Crippen molar-refractivity contribution in [2.24, 2.45) is 0 Å². The Morgan fingerprint density at radius 1 is 0.294 bits per heavy atom. The van der Waals surface area contributed by atoms with E-state index in [2.05, 4.69) is 168 Å². The smallest absolute Gasteiger partial charge is 0.139 e. The first-order valence-corrected chi connectivity index (χ1v) is 44.2. The van der Waals surface area contributed by atoms with Crippen molar-refractivity contribution in [2.75, 3.05) is 0 Å². The fourth-order valence-corrected chi connectivity index (χ4v) is 17.9. The molecule has 0 amide bonds. The van der Waals surface area contributed by atoms with Crippen LogP contribution in [0.15, 0.2) is 225 Å². The van der Waals surface area contributed by atoms with Crippen LogP contribution in [0.2, 0.25) is 54.7 Å². The Morgan fingerprint density at radius 3 is 1.57 bits per heavy atom. The molecule has 0 fully saturated rings. The van der Waals surface area contributed by atoms with Crippen LogP contribution in [-0.2, 0) is 0 Å². The van der Waals surface area contributed by atoms with E-state index in [-0.39, 0.29) is 0 Å². The van der Waals surface area contributed by atoms with Crippen LogP contribution in [0.25, 0.3) is 107 Å². The first-order chi connectivity index (χ1) is 56.8. The van der Waals surface area contributed by atoms with Gasteiger partial charge in [0.05, 0.1) is 55.7 Å². The van der Waals surface area contributed by atoms with Gasteiger partial charge in [-0.3, -0.25) is 15.0 Å². The van der Waals surface area contributed by atoms with Crippen LogP contribution in [0.1, 0.15) is 64.5 Å². The van der Waals surface area contributed by atoms with Gasteiger partial charge in [-0.05, 0) is 250 Å². The molecule has 0 saturated carbocycles. The number of fused-ring (bicyclic) bond motifs is 10. The van der Waals surface area contributed by atoms with Crippen LogP contribution in [0.4, 0.5) is 0 Å². The summed E-state index contributed by atoms with van der Waals surface area (Å²) in [6, 6.07) is 58.1. The molecule has 119 heavy (non-hydrogen) atoms. The monoisotopic (exact) mass is 1860 g/mol. The Bertz CT molecular complexity index is 6140. The maximum atomic E-state index is 5.89. The van der Waals surface area contributed by atoms with Crippen molar-refractivity contribution in [1.29, 1.82) is 0 Å². The maximum Gasteiger partial charge on any atom is 0.139 e. The largest absolute Gasteiger partial charge is 0.361 e. The molecular weight excluding hydrogens is 1790 g/mol. The molecule has 0 atom stereocenters. The topological polar surface area (TPSA) is 172 Å². The number of aryl methyl sites for hydroxylation is 12. The van der Waals surface area contributed by atoms with E-state index in [1.165, 1.54) is 85.7 Å². The highest BCUT2D eigenvalue weighted by molar-refractivity contribution is 7.19. The predicted molar refractivity (Wildman–Crippen MR) is 522 cm³/mol. The summed E-state index contributed by atoms with van der Waals surface area (Å²) in [5, 5.41) is 17.5. The summed E-state index contributed by atoms with van der Waals surface area (Å²) in [7, 11) is 0. The lowest BCUT2D eigenvalue weighted by atomic mass is 10.1. The summed E-state index contributed by atoms with van der Waals surface area (Å²) in [4.78, 5) is 49.8. The predicted octanol–water partition coefficient (Wildman–Crippen LogP) is 33.6. The molecule has 0 saturated heterocycles. The average molecular weight is 1870 g/mol. The van der Waals surface area contributed by atoms with Crippen LogP contribution >= 0.6 is 173 Å². The maximum absolute atomic E-state index is 5.89. The van der Waals surface area contributed by atoms with Gasteiger partial charge in [-0.25, -0.2) is 15.0 Å². The van der Waals surface area contributed by atoms with Gasteiger partial charge in [0.2, 0.25) is 0 Å². The van der Waals surface area contributed by atoms with Crippen molar-refractivity contribution in [3.05, 3.63) is 345 Å². The van der Waals surface area contributed by atoms with Gasteiger partial charge in [0.1, 0.15) is 21.3 Å². The highest BCUT2D eigenvalue weighted by Gasteiger charge is 2.08. The lowest BCUT2D eigenvalue weighted by molar-refractivity contribution is 1.22. The van der Waals surface area contributed by atoms with Gasteiger partial charge < -0.3 is 29.9 Å². The molecule has 21 rings (SSSR count). The Morgan fingerprint density at radius 2 is 0.849 bits per heavy atom. The number of rotatable bonds is 0. The fourth-order valence-electron chi connectivity index (χ4n) is 11.9. The van der Waals surface area contributed by atoms with E-state index in [9.17, 15) is 0 Å². The summed E-state index contributed by atoms with van der Waals surface area (Å²) in [5.74, 6) is 0. The van der Waals surface area contributed by atoms with Gasteiger partial charge in [0, 0.05) is 171 Å². The molecule has 0 bridgehead atoms. The summed E-state index contributed by atoms with van der Waals surface area (Å²) < 4.78 is 3.19. The van der Waals surface area contributed by atoms with E-state index in [1.54, 1.807) is 71.1 Å². The quantitative estimate of drug-likeness (QED) is 0.0825. The lowest BCUT2D eigenvalue weighted by Gasteiger charge is -1.98. The second-order valence-corrected chi connectivity index (χ2v) is 37.4. The zero-order valence-corrected chi connectivity index (χ0v) is 77.9. The van der Waals surface area contributed by atoms with Crippen molar-refractivity contribution in [2.45, 2.75) is 83.1 Å². The summed E-state index contributed by atoms with van der Waals surface area (Å²) in [6.07, 6.45) is 14.3. The van der Waals surface area contributed by atoms with Crippen LogP contribution in [0.5, 0.6) is 0 Å². The van der Waals surface area contributed by atoms with Gasteiger partial charge in [-0.2, -0.15) is 0 Å². The van der Waals surface area contributed by atoms with E-state index in [0.717, 1.165) is 137 Å². The Kier molecular flexibility index (Phi) is 32.6. The highest BCUT2D eigenvalue weighted by Crippen LogP contribution is 2.33. The van der Waals surface area contributed by atoms with Crippen molar-refractivity contribution >= 4 is 280 Å². The number of aromatic nitrogens is 12. The van der Waals surface area contributed by atoms with Gasteiger partial charge in [0.25, 0.3) is 0 Å². The normalized spacial score (nSPS) is 10.6. The van der Waals surface area contributed by atoms with Crippen LogP contribution in [-0.4, -0.2) is 59.8 Å². The standard InChI is InChI=1S/C10H8ClN.C10H11N.2C9H8ClN.C9H7ClS.3C8H7ClN2.2C8H6ClNS.C5H4Cl2S/c1-7-4-8-2-3-9(11)5-10(8)12-6-7;1-7-3-4-9-8(2)6-11-10(9)5-7;1-6-4-7-5-8(10)2-3-9(7)11-6;1-6-2-3-7-8(10)5-11-9(7)4-6;1-6-4-7-2-3-8(10)5-9(7)11-6;1-5-2-8-6(3-10-5)7(9)4-11-8;1-5-2-6-3-7(9)4-10-8(6)11-5;1-5-2-3-6-7(9)4-10-8(6)11-5;1-5-2-7-8(11-5)3-6(9)4-10-7;1-5-4-6-2-3-7(9)10-8(6)11-5;1-3-4(6)2-5(7)8-3/h2-6H,1H3;3-6,11H,1-2H3;2*2-5,11H,1H3;2-5H,1H3;2-4,11H,1H3;2*2-4H,1H3,(H,10,11);2*2-4H,1H3;2H,1H3. The van der Waals surface area contributed by atoms with Gasteiger partial charge in [0.15, 0.2) is 0 Å². The number of halogens is 11. The first-order valence-electron chi connectivity index (χ1n) is 36.8. The van der Waals surface area contributed by atoms with Crippen molar-refractivity contribution in [3.63, 3.8) is 0 Å². The van der Waals surface area contributed by atoms with Crippen LogP contribution in [0, 0.1) is 83.1 Å². The Hall–Kier alpha value is -8.73. The molecule has 0 aliphatic rings. The lowest BCUT2D eigenvalue weighted by Crippen LogP contribution is -1.80. The number of nitrogens with zero attached hydrogens (tertiary/aromatic N) is 6. The molecule has 0 aliphatic heterocycles. The summed E-state index contributed by atoms with van der Waals surface area (Å²) >= 11 is 70.2. The molecule has 0 aliphatic carbocycles. The molecule has 0 spiro atoms. The molecule has 12 nitrogen and oxygen atoms in total. The number of pyridine rings is 6. The number of H-pyrrole nitrogens is 6. The number of hydrogen-bond donors (Lipinski definition) is 6.